The van der Waals surface area contributed by atoms with Gasteiger partial charge in [-0.2, -0.15) is 0 Å². The van der Waals surface area contributed by atoms with Gasteiger partial charge in [0.05, 0.1) is 0 Å². The fraction of sp³-hybridized carbons (Fsp3) is 0.368. The van der Waals surface area contributed by atoms with E-state index in [1.807, 2.05) is 7.05 Å². The van der Waals surface area contributed by atoms with E-state index in [0.717, 1.165) is 13.0 Å². The van der Waals surface area contributed by atoms with Crippen LogP contribution < -0.4 is 10.2 Å². The van der Waals surface area contributed by atoms with Crippen LogP contribution in [0.25, 0.3) is 0 Å². The molecule has 0 fully saturated rings. The molecule has 0 spiro atoms. The van der Waals surface area contributed by atoms with E-state index in [0.29, 0.717) is 6.04 Å². The quantitative estimate of drug-likeness (QED) is 0.858. The molecule has 2 nitrogen and oxygen atoms in total. The summed E-state index contributed by atoms with van der Waals surface area (Å²) in [5.74, 6) is 0. The third-order valence-corrected chi connectivity index (χ3v) is 3.95. The van der Waals surface area contributed by atoms with Gasteiger partial charge in [0.25, 0.3) is 0 Å². The number of hydrogen-bond donors (Lipinski definition) is 1. The van der Waals surface area contributed by atoms with Crippen LogP contribution in [0.1, 0.15) is 29.2 Å². The second kappa shape index (κ2) is 7.28. The number of benzene rings is 2. The van der Waals surface area contributed by atoms with Crippen molar-refractivity contribution in [3.8, 4) is 0 Å². The van der Waals surface area contributed by atoms with E-state index < -0.39 is 0 Å². The Labute approximate surface area is 128 Å². The van der Waals surface area contributed by atoms with Crippen LogP contribution in [0.4, 0.5) is 5.69 Å². The van der Waals surface area contributed by atoms with E-state index in [-0.39, 0.29) is 0 Å². The molecular weight excluding hydrogens is 256 g/mol. The summed E-state index contributed by atoms with van der Waals surface area (Å²) < 4.78 is 0. The number of nitrogens with zero attached hydrogens (tertiary/aromatic N) is 1. The summed E-state index contributed by atoms with van der Waals surface area (Å²) in [5.41, 5.74) is 5.30. The number of hydrogen-bond acceptors (Lipinski definition) is 2. The van der Waals surface area contributed by atoms with Crippen LogP contribution in [0.2, 0.25) is 0 Å². The highest BCUT2D eigenvalue weighted by molar-refractivity contribution is 5.50. The highest BCUT2D eigenvalue weighted by atomic mass is 15.1. The summed E-state index contributed by atoms with van der Waals surface area (Å²) >= 11 is 0. The molecule has 0 aliphatic heterocycles. The molecule has 0 aliphatic carbocycles. The van der Waals surface area contributed by atoms with Gasteiger partial charge in [-0.1, -0.05) is 36.4 Å². The van der Waals surface area contributed by atoms with Gasteiger partial charge in [0.2, 0.25) is 0 Å². The zero-order chi connectivity index (χ0) is 15.2. The standard InChI is InChI=1S/C19H26N2/c1-15-12-16(2)14-18(13-15)21(4)11-10-19(20-3)17-8-6-5-7-9-17/h5-9,12-14,19-20H,10-11H2,1-4H3. The lowest BCUT2D eigenvalue weighted by Crippen LogP contribution is -2.25. The van der Waals surface area contributed by atoms with Crippen molar-refractivity contribution in [2.45, 2.75) is 26.3 Å². The topological polar surface area (TPSA) is 15.3 Å². The van der Waals surface area contributed by atoms with E-state index >= 15 is 0 Å². The van der Waals surface area contributed by atoms with Gasteiger partial charge in [-0.25, -0.2) is 0 Å². The van der Waals surface area contributed by atoms with Crippen molar-refractivity contribution >= 4 is 5.69 Å². The second-order valence-corrected chi connectivity index (χ2v) is 5.81. The molecule has 2 heteroatoms. The molecule has 1 atom stereocenters. The van der Waals surface area contributed by atoms with Crippen LogP contribution in [0.3, 0.4) is 0 Å². The second-order valence-electron chi connectivity index (χ2n) is 5.81. The average Bonchev–Trinajstić information content (AvgIpc) is 2.47. The Morgan fingerprint density at radius 2 is 1.62 bits per heavy atom. The molecule has 0 heterocycles. The third kappa shape index (κ3) is 4.33. The van der Waals surface area contributed by atoms with Gasteiger partial charge in [0, 0.05) is 25.3 Å². The first kappa shape index (κ1) is 15.6. The van der Waals surface area contributed by atoms with Crippen molar-refractivity contribution in [3.63, 3.8) is 0 Å². The van der Waals surface area contributed by atoms with Gasteiger partial charge in [-0.15, -0.1) is 0 Å². The maximum absolute atomic E-state index is 3.42. The summed E-state index contributed by atoms with van der Waals surface area (Å²) in [6, 6.07) is 17.8. The third-order valence-electron chi connectivity index (χ3n) is 3.95. The van der Waals surface area contributed by atoms with Crippen LogP contribution in [0.15, 0.2) is 48.5 Å². The Hall–Kier alpha value is -1.80. The lowest BCUT2D eigenvalue weighted by atomic mass is 10.0. The minimum atomic E-state index is 0.402. The number of rotatable bonds is 6. The van der Waals surface area contributed by atoms with E-state index in [1.54, 1.807) is 0 Å². The van der Waals surface area contributed by atoms with Crippen LogP contribution in [-0.4, -0.2) is 20.6 Å². The van der Waals surface area contributed by atoms with E-state index in [4.69, 9.17) is 0 Å². The number of aryl methyl sites for hydroxylation is 2. The molecule has 0 radical (unpaired) electrons. The Morgan fingerprint density at radius 3 is 2.19 bits per heavy atom. The van der Waals surface area contributed by atoms with Crippen molar-refractivity contribution in [3.05, 3.63) is 65.2 Å². The molecule has 1 unspecified atom stereocenters. The van der Waals surface area contributed by atoms with Crippen LogP contribution in [-0.2, 0) is 0 Å². The Bertz CT molecular complexity index is 543. The van der Waals surface area contributed by atoms with Gasteiger partial charge in [0.15, 0.2) is 0 Å². The zero-order valence-electron chi connectivity index (χ0n) is 13.6. The Kier molecular flexibility index (Phi) is 5.40. The normalized spacial score (nSPS) is 12.2. The number of anilines is 1. The summed E-state index contributed by atoms with van der Waals surface area (Å²) in [4.78, 5) is 2.34. The largest absolute Gasteiger partial charge is 0.375 e. The minimum absolute atomic E-state index is 0.402. The fourth-order valence-electron chi connectivity index (χ4n) is 2.79. The van der Waals surface area contributed by atoms with Gasteiger partial charge in [-0.05, 0) is 56.1 Å². The SMILES string of the molecule is CNC(CCN(C)c1cc(C)cc(C)c1)c1ccccc1. The molecule has 1 N–H and O–H groups in total. The predicted molar refractivity (Wildman–Crippen MR) is 92.0 cm³/mol. The molecule has 2 aromatic rings. The average molecular weight is 282 g/mol. The van der Waals surface area contributed by atoms with Crippen LogP contribution in [0, 0.1) is 13.8 Å². The summed E-state index contributed by atoms with van der Waals surface area (Å²) in [5, 5.41) is 3.42. The molecule has 0 amide bonds. The van der Waals surface area contributed by atoms with E-state index in [1.165, 1.54) is 22.4 Å². The van der Waals surface area contributed by atoms with E-state index in [9.17, 15) is 0 Å². The van der Waals surface area contributed by atoms with Crippen molar-refractivity contribution < 1.29 is 0 Å². The molecule has 2 rings (SSSR count). The summed E-state index contributed by atoms with van der Waals surface area (Å²) in [7, 11) is 4.21. The smallest absolute Gasteiger partial charge is 0.0368 e. The molecular formula is C19H26N2. The van der Waals surface area contributed by atoms with Gasteiger partial charge in [0.1, 0.15) is 0 Å². The molecule has 0 bridgehead atoms. The van der Waals surface area contributed by atoms with Gasteiger partial charge >= 0.3 is 0 Å². The predicted octanol–water partition coefficient (Wildman–Crippen LogP) is 4.09. The van der Waals surface area contributed by atoms with Gasteiger partial charge in [-0.3, -0.25) is 0 Å². The molecule has 0 saturated heterocycles. The zero-order valence-corrected chi connectivity index (χ0v) is 13.6. The fourth-order valence-corrected chi connectivity index (χ4v) is 2.79. The first-order chi connectivity index (χ1) is 10.1. The molecule has 0 aromatic heterocycles. The van der Waals surface area contributed by atoms with E-state index in [2.05, 4.69) is 79.6 Å². The Balaban J connectivity index is 2.01. The Morgan fingerprint density at radius 1 is 1.00 bits per heavy atom. The first-order valence-corrected chi connectivity index (χ1v) is 7.62. The molecule has 112 valence electrons. The molecule has 0 aliphatic rings. The highest BCUT2D eigenvalue weighted by Crippen LogP contribution is 2.21. The maximum Gasteiger partial charge on any atom is 0.0368 e. The van der Waals surface area contributed by atoms with Crippen LogP contribution in [0.5, 0.6) is 0 Å². The first-order valence-electron chi connectivity index (χ1n) is 7.62. The lowest BCUT2D eigenvalue weighted by Gasteiger charge is -2.24. The number of nitrogens with one attached hydrogen (secondary N) is 1. The molecule has 0 saturated carbocycles. The lowest BCUT2D eigenvalue weighted by molar-refractivity contribution is 0.549. The minimum Gasteiger partial charge on any atom is -0.375 e. The van der Waals surface area contributed by atoms with Crippen molar-refractivity contribution in [2.24, 2.45) is 0 Å². The summed E-state index contributed by atoms with van der Waals surface area (Å²) in [6.45, 7) is 5.35. The van der Waals surface area contributed by atoms with Crippen LogP contribution >= 0.6 is 0 Å². The highest BCUT2D eigenvalue weighted by Gasteiger charge is 2.10. The summed E-state index contributed by atoms with van der Waals surface area (Å²) in [6.07, 6.45) is 1.09. The van der Waals surface area contributed by atoms with Crippen molar-refractivity contribution in [2.75, 3.05) is 25.5 Å². The maximum atomic E-state index is 3.42. The molecule has 2 aromatic carbocycles. The van der Waals surface area contributed by atoms with Crippen molar-refractivity contribution in [1.29, 1.82) is 0 Å². The van der Waals surface area contributed by atoms with Gasteiger partial charge < -0.3 is 10.2 Å². The van der Waals surface area contributed by atoms with Crippen molar-refractivity contribution in [1.82, 2.24) is 5.32 Å². The molecule has 21 heavy (non-hydrogen) atoms. The monoisotopic (exact) mass is 282 g/mol.